The highest BCUT2D eigenvalue weighted by molar-refractivity contribution is 7.12. The Labute approximate surface area is 128 Å². The van der Waals surface area contributed by atoms with Crippen LogP contribution in [0.15, 0.2) is 36.8 Å². The molecule has 0 aliphatic rings. The van der Waals surface area contributed by atoms with Crippen molar-refractivity contribution in [1.29, 1.82) is 0 Å². The van der Waals surface area contributed by atoms with Gasteiger partial charge in [-0.3, -0.25) is 4.57 Å². The molecule has 0 amide bonds. The first kappa shape index (κ1) is 13.8. The molecule has 3 aromatic heterocycles. The Morgan fingerprint density at radius 3 is 2.71 bits per heavy atom. The van der Waals surface area contributed by atoms with E-state index in [0.717, 1.165) is 23.9 Å². The van der Waals surface area contributed by atoms with Crippen LogP contribution >= 0.6 is 11.3 Å². The van der Waals surface area contributed by atoms with Crippen molar-refractivity contribution in [3.63, 3.8) is 0 Å². The fourth-order valence-electron chi connectivity index (χ4n) is 2.38. The van der Waals surface area contributed by atoms with E-state index >= 15 is 0 Å². The Hall–Kier alpha value is -2.14. The van der Waals surface area contributed by atoms with Crippen LogP contribution in [0.3, 0.4) is 0 Å². The zero-order chi connectivity index (χ0) is 14.8. The molecule has 108 valence electrons. The quantitative estimate of drug-likeness (QED) is 0.795. The summed E-state index contributed by atoms with van der Waals surface area (Å²) >= 11 is 1.84. The van der Waals surface area contributed by atoms with Crippen molar-refractivity contribution in [3.05, 3.63) is 57.9 Å². The second kappa shape index (κ2) is 5.69. The minimum atomic E-state index is 0.808. The highest BCUT2D eigenvalue weighted by Crippen LogP contribution is 2.23. The van der Waals surface area contributed by atoms with Crippen molar-refractivity contribution in [2.45, 2.75) is 27.3 Å². The van der Waals surface area contributed by atoms with Gasteiger partial charge in [-0.15, -0.1) is 11.3 Å². The molecule has 0 aromatic carbocycles. The summed E-state index contributed by atoms with van der Waals surface area (Å²) in [6, 6.07) is 6.24. The minimum Gasteiger partial charge on any atom is -0.378 e. The fraction of sp³-hybridized carbons (Fsp3) is 0.250. The van der Waals surface area contributed by atoms with Crippen LogP contribution in [0.4, 0.5) is 5.69 Å². The van der Waals surface area contributed by atoms with Crippen LogP contribution in [-0.2, 0) is 6.54 Å². The summed E-state index contributed by atoms with van der Waals surface area (Å²) in [4.78, 5) is 11.5. The molecule has 3 aromatic rings. The molecular formula is C16H18N4S. The standard InChI is InChI=1S/C16H18N4S/c1-11-9-14(12(2)21-11)10-19-15-5-4-6-18-16(15)20-8-7-17-13(20)3/h4-9,19H,10H2,1-3H3. The largest absolute Gasteiger partial charge is 0.378 e. The Morgan fingerprint density at radius 1 is 1.19 bits per heavy atom. The van der Waals surface area contributed by atoms with Crippen molar-refractivity contribution in [3.8, 4) is 5.82 Å². The molecule has 0 saturated heterocycles. The number of pyridine rings is 1. The lowest BCUT2D eigenvalue weighted by Crippen LogP contribution is -2.06. The number of aryl methyl sites for hydroxylation is 3. The van der Waals surface area contributed by atoms with Crippen molar-refractivity contribution in [1.82, 2.24) is 14.5 Å². The van der Waals surface area contributed by atoms with Crippen LogP contribution in [0.5, 0.6) is 0 Å². The maximum absolute atomic E-state index is 4.48. The summed E-state index contributed by atoms with van der Waals surface area (Å²) in [5.41, 5.74) is 2.36. The van der Waals surface area contributed by atoms with Gasteiger partial charge < -0.3 is 5.32 Å². The van der Waals surface area contributed by atoms with Crippen LogP contribution in [0.1, 0.15) is 21.1 Å². The first-order valence-corrected chi connectivity index (χ1v) is 7.72. The van der Waals surface area contributed by atoms with Crippen molar-refractivity contribution < 1.29 is 0 Å². The lowest BCUT2D eigenvalue weighted by Gasteiger charge is -2.12. The molecule has 4 nitrogen and oxygen atoms in total. The highest BCUT2D eigenvalue weighted by Gasteiger charge is 2.09. The van der Waals surface area contributed by atoms with E-state index in [9.17, 15) is 0 Å². The lowest BCUT2D eigenvalue weighted by atomic mass is 10.2. The third-order valence-corrected chi connectivity index (χ3v) is 4.46. The van der Waals surface area contributed by atoms with Gasteiger partial charge in [0.1, 0.15) is 5.82 Å². The molecule has 5 heteroatoms. The van der Waals surface area contributed by atoms with Gasteiger partial charge in [0.2, 0.25) is 0 Å². The summed E-state index contributed by atoms with van der Waals surface area (Å²) < 4.78 is 1.99. The van der Waals surface area contributed by atoms with Crippen molar-refractivity contribution in [2.24, 2.45) is 0 Å². The van der Waals surface area contributed by atoms with Crippen LogP contribution in [0.2, 0.25) is 0 Å². The third-order valence-electron chi connectivity index (χ3n) is 3.45. The molecule has 3 rings (SSSR count). The Bertz CT molecular complexity index is 757. The average Bonchev–Trinajstić information content (AvgIpc) is 3.02. The monoisotopic (exact) mass is 298 g/mol. The molecule has 0 radical (unpaired) electrons. The van der Waals surface area contributed by atoms with Gasteiger partial charge in [-0.25, -0.2) is 9.97 Å². The first-order chi connectivity index (χ1) is 10.1. The molecule has 0 atom stereocenters. The smallest absolute Gasteiger partial charge is 0.161 e. The van der Waals surface area contributed by atoms with E-state index in [-0.39, 0.29) is 0 Å². The second-order valence-electron chi connectivity index (χ2n) is 5.01. The predicted molar refractivity (Wildman–Crippen MR) is 87.2 cm³/mol. The number of aromatic nitrogens is 3. The topological polar surface area (TPSA) is 42.7 Å². The number of hydrogen-bond acceptors (Lipinski definition) is 4. The molecule has 0 spiro atoms. The lowest BCUT2D eigenvalue weighted by molar-refractivity contribution is 0.929. The molecular weight excluding hydrogens is 280 g/mol. The number of hydrogen-bond donors (Lipinski definition) is 1. The van der Waals surface area contributed by atoms with Crippen molar-refractivity contribution in [2.75, 3.05) is 5.32 Å². The van der Waals surface area contributed by atoms with Gasteiger partial charge in [0, 0.05) is 34.9 Å². The Morgan fingerprint density at radius 2 is 2.05 bits per heavy atom. The van der Waals surface area contributed by atoms with E-state index < -0.39 is 0 Å². The normalized spacial score (nSPS) is 10.8. The SMILES string of the molecule is Cc1cc(CNc2cccnc2-n2ccnc2C)c(C)s1. The highest BCUT2D eigenvalue weighted by atomic mass is 32.1. The predicted octanol–water partition coefficient (Wildman–Crippen LogP) is 3.87. The van der Waals surface area contributed by atoms with Gasteiger partial charge in [0.25, 0.3) is 0 Å². The first-order valence-electron chi connectivity index (χ1n) is 6.90. The molecule has 0 bridgehead atoms. The third kappa shape index (κ3) is 2.83. The number of anilines is 1. The number of thiophene rings is 1. The molecule has 0 aliphatic heterocycles. The van der Waals surface area contributed by atoms with E-state index in [2.05, 4.69) is 41.3 Å². The molecule has 0 unspecified atom stereocenters. The zero-order valence-corrected chi connectivity index (χ0v) is 13.2. The second-order valence-corrected chi connectivity index (χ2v) is 6.47. The minimum absolute atomic E-state index is 0.808. The van der Waals surface area contributed by atoms with E-state index in [1.54, 1.807) is 12.4 Å². The van der Waals surface area contributed by atoms with E-state index in [1.807, 2.05) is 35.1 Å². The Balaban J connectivity index is 1.86. The molecule has 1 N–H and O–H groups in total. The summed E-state index contributed by atoms with van der Waals surface area (Å²) in [5.74, 6) is 1.82. The van der Waals surface area contributed by atoms with Crippen molar-refractivity contribution >= 4 is 17.0 Å². The summed E-state index contributed by atoms with van der Waals surface area (Å²) in [5, 5.41) is 3.49. The van der Waals surface area contributed by atoms with Crippen LogP contribution in [0, 0.1) is 20.8 Å². The van der Waals surface area contributed by atoms with Gasteiger partial charge in [0.15, 0.2) is 5.82 Å². The molecule has 0 saturated carbocycles. The molecule has 21 heavy (non-hydrogen) atoms. The van der Waals surface area contributed by atoms with Gasteiger partial charge in [-0.05, 0) is 44.5 Å². The number of nitrogens with zero attached hydrogens (tertiary/aromatic N) is 3. The summed E-state index contributed by atoms with van der Waals surface area (Å²) in [6.07, 6.45) is 5.53. The van der Waals surface area contributed by atoms with Gasteiger partial charge in [0.05, 0.1) is 5.69 Å². The number of nitrogens with one attached hydrogen (secondary N) is 1. The maximum atomic E-state index is 4.48. The number of rotatable bonds is 4. The van der Waals surface area contributed by atoms with Gasteiger partial charge in [-0.1, -0.05) is 0 Å². The zero-order valence-electron chi connectivity index (χ0n) is 12.4. The molecule has 0 fully saturated rings. The number of imidazole rings is 1. The summed E-state index contributed by atoms with van der Waals surface area (Å²) in [7, 11) is 0. The van der Waals surface area contributed by atoms with Gasteiger partial charge >= 0.3 is 0 Å². The van der Waals surface area contributed by atoms with Gasteiger partial charge in [-0.2, -0.15) is 0 Å². The Kier molecular flexibility index (Phi) is 3.75. The van der Waals surface area contributed by atoms with E-state index in [4.69, 9.17) is 0 Å². The molecule has 3 heterocycles. The van der Waals surface area contributed by atoms with Crippen LogP contribution in [-0.4, -0.2) is 14.5 Å². The summed E-state index contributed by atoms with van der Waals surface area (Å²) in [6.45, 7) is 7.10. The maximum Gasteiger partial charge on any atom is 0.161 e. The van der Waals surface area contributed by atoms with Crippen LogP contribution in [0.25, 0.3) is 5.82 Å². The van der Waals surface area contributed by atoms with E-state index in [0.29, 0.717) is 0 Å². The average molecular weight is 298 g/mol. The van der Waals surface area contributed by atoms with Crippen LogP contribution < -0.4 is 5.32 Å². The van der Waals surface area contributed by atoms with E-state index in [1.165, 1.54) is 15.3 Å². The fourth-order valence-corrected chi connectivity index (χ4v) is 3.32. The molecule has 0 aliphatic carbocycles.